The van der Waals surface area contributed by atoms with Gasteiger partial charge < -0.3 is 5.32 Å². The number of nitro benzene ring substituents is 1. The Bertz CT molecular complexity index is 656. The summed E-state index contributed by atoms with van der Waals surface area (Å²) in [5, 5.41) is 14.4. The summed E-state index contributed by atoms with van der Waals surface area (Å²) in [4.78, 5) is 14.9. The molecule has 2 aromatic rings. The molecule has 6 nitrogen and oxygen atoms in total. The van der Waals surface area contributed by atoms with E-state index in [0.29, 0.717) is 23.4 Å². The van der Waals surface area contributed by atoms with Crippen LogP contribution in [0.3, 0.4) is 0 Å². The fraction of sp³-hybridized carbons (Fsp3) is 0.417. The number of nitrogens with one attached hydrogen (secondary N) is 1. The molecule has 0 radical (unpaired) electrons. The normalized spacial score (nSPS) is 14.1. The Balaban J connectivity index is 2.27. The predicted molar refractivity (Wildman–Crippen MR) is 82.9 cm³/mol. The number of anilines is 1. The van der Waals surface area contributed by atoms with Crippen LogP contribution in [0.25, 0.3) is 10.2 Å². The van der Waals surface area contributed by atoms with E-state index in [0.717, 1.165) is 4.70 Å². The van der Waals surface area contributed by atoms with Crippen LogP contribution in [0, 0.1) is 10.1 Å². The molecule has 0 amide bonds. The van der Waals surface area contributed by atoms with Crippen molar-refractivity contribution in [2.75, 3.05) is 17.3 Å². The van der Waals surface area contributed by atoms with Crippen molar-refractivity contribution in [3.8, 4) is 0 Å². The molecule has 0 spiro atoms. The van der Waals surface area contributed by atoms with E-state index in [1.54, 1.807) is 17.8 Å². The monoisotopic (exact) mass is 313 g/mol. The van der Waals surface area contributed by atoms with E-state index in [4.69, 9.17) is 0 Å². The lowest BCUT2D eigenvalue weighted by Crippen LogP contribution is -2.18. The number of rotatable bonds is 6. The molecule has 1 N–H and O–H groups in total. The first-order valence-corrected chi connectivity index (χ1v) is 8.67. The highest BCUT2D eigenvalue weighted by Gasteiger charge is 2.21. The SMILES string of the molecule is CC(CCS(C)=O)Nc1ccc2scnc2c1[N+](=O)[O-]. The van der Waals surface area contributed by atoms with Gasteiger partial charge >= 0.3 is 5.69 Å². The molecule has 2 rings (SSSR count). The third-order valence-corrected chi connectivity index (χ3v) is 4.50. The molecule has 108 valence electrons. The maximum Gasteiger partial charge on any atom is 0.319 e. The molecule has 0 saturated carbocycles. The summed E-state index contributed by atoms with van der Waals surface area (Å²) in [6, 6.07) is 3.54. The summed E-state index contributed by atoms with van der Waals surface area (Å²) < 4.78 is 11.9. The molecule has 8 heteroatoms. The number of thiazole rings is 1. The van der Waals surface area contributed by atoms with Gasteiger partial charge in [0.2, 0.25) is 0 Å². The van der Waals surface area contributed by atoms with Crippen molar-refractivity contribution in [1.29, 1.82) is 0 Å². The first kappa shape index (κ1) is 14.9. The number of hydrogen-bond acceptors (Lipinski definition) is 6. The maximum atomic E-state index is 11.3. The number of hydrogen-bond donors (Lipinski definition) is 1. The first-order chi connectivity index (χ1) is 9.49. The van der Waals surface area contributed by atoms with Gasteiger partial charge in [0.05, 0.1) is 15.1 Å². The van der Waals surface area contributed by atoms with Gasteiger partial charge in [-0.3, -0.25) is 14.3 Å². The fourth-order valence-electron chi connectivity index (χ4n) is 1.90. The van der Waals surface area contributed by atoms with Crippen LogP contribution in [0.4, 0.5) is 11.4 Å². The van der Waals surface area contributed by atoms with E-state index >= 15 is 0 Å². The Kier molecular flexibility index (Phi) is 4.66. The molecule has 0 fully saturated rings. The molecular weight excluding hydrogens is 298 g/mol. The summed E-state index contributed by atoms with van der Waals surface area (Å²) in [6.07, 6.45) is 2.34. The zero-order valence-electron chi connectivity index (χ0n) is 11.2. The Labute approximate surface area is 122 Å². The second-order valence-electron chi connectivity index (χ2n) is 4.53. The zero-order valence-corrected chi connectivity index (χ0v) is 12.8. The molecule has 1 aromatic carbocycles. The van der Waals surface area contributed by atoms with Crippen molar-refractivity contribution < 1.29 is 9.13 Å². The van der Waals surface area contributed by atoms with Crippen molar-refractivity contribution in [3.63, 3.8) is 0 Å². The van der Waals surface area contributed by atoms with Crippen LogP contribution >= 0.6 is 11.3 Å². The molecule has 1 heterocycles. The van der Waals surface area contributed by atoms with Gasteiger partial charge in [-0.2, -0.15) is 0 Å². The molecule has 1 aromatic heterocycles. The van der Waals surface area contributed by atoms with Crippen molar-refractivity contribution >= 4 is 43.7 Å². The van der Waals surface area contributed by atoms with Crippen LogP contribution in [0.5, 0.6) is 0 Å². The van der Waals surface area contributed by atoms with Crippen LogP contribution in [-0.2, 0) is 10.8 Å². The van der Waals surface area contributed by atoms with Gasteiger partial charge in [-0.05, 0) is 25.5 Å². The average molecular weight is 313 g/mol. The lowest BCUT2D eigenvalue weighted by molar-refractivity contribution is -0.382. The molecule has 0 aliphatic heterocycles. The minimum Gasteiger partial charge on any atom is -0.377 e. The molecule has 0 bridgehead atoms. The quantitative estimate of drug-likeness (QED) is 0.654. The summed E-state index contributed by atoms with van der Waals surface area (Å²) >= 11 is 1.38. The predicted octanol–water partition coefficient (Wildman–Crippen LogP) is 2.77. The number of fused-ring (bicyclic) bond motifs is 1. The Hall–Kier alpha value is -1.54. The van der Waals surface area contributed by atoms with Crippen LogP contribution in [-0.4, -0.2) is 32.2 Å². The van der Waals surface area contributed by atoms with Crippen molar-refractivity contribution in [1.82, 2.24) is 4.98 Å². The maximum absolute atomic E-state index is 11.3. The van der Waals surface area contributed by atoms with Gasteiger partial charge in [-0.15, -0.1) is 11.3 Å². The van der Waals surface area contributed by atoms with Crippen LogP contribution < -0.4 is 5.32 Å². The summed E-state index contributed by atoms with van der Waals surface area (Å²) in [5.41, 5.74) is 2.48. The van der Waals surface area contributed by atoms with Gasteiger partial charge in [-0.1, -0.05) is 0 Å². The van der Waals surface area contributed by atoms with Gasteiger partial charge in [0.25, 0.3) is 0 Å². The molecule has 0 aliphatic rings. The number of nitrogens with zero attached hydrogens (tertiary/aromatic N) is 2. The summed E-state index contributed by atoms with van der Waals surface area (Å²) in [7, 11) is -0.859. The highest BCUT2D eigenvalue weighted by atomic mass is 32.2. The second kappa shape index (κ2) is 6.27. The minimum atomic E-state index is -0.859. The highest BCUT2D eigenvalue weighted by Crippen LogP contribution is 2.34. The number of benzene rings is 1. The molecule has 0 aliphatic carbocycles. The van der Waals surface area contributed by atoms with E-state index in [1.165, 1.54) is 11.3 Å². The second-order valence-corrected chi connectivity index (χ2v) is 6.97. The van der Waals surface area contributed by atoms with E-state index in [9.17, 15) is 14.3 Å². The van der Waals surface area contributed by atoms with Crippen molar-refractivity contribution in [2.45, 2.75) is 19.4 Å². The van der Waals surface area contributed by atoms with Crippen molar-refractivity contribution in [3.05, 3.63) is 27.8 Å². The van der Waals surface area contributed by atoms with Gasteiger partial charge in [-0.25, -0.2) is 4.98 Å². The van der Waals surface area contributed by atoms with E-state index < -0.39 is 15.7 Å². The highest BCUT2D eigenvalue weighted by molar-refractivity contribution is 7.84. The smallest absolute Gasteiger partial charge is 0.319 e. The zero-order chi connectivity index (χ0) is 14.7. The standard InChI is InChI=1S/C12H15N3O3S2/c1-8(5-6-20(2)18)14-9-3-4-10-11(13-7-19-10)12(9)15(16)17/h3-4,7-8,14H,5-6H2,1-2H3. The summed E-state index contributed by atoms with van der Waals surface area (Å²) in [6.45, 7) is 1.92. The molecule has 20 heavy (non-hydrogen) atoms. The molecular formula is C12H15N3O3S2. The Morgan fingerprint density at radius 2 is 2.30 bits per heavy atom. The third-order valence-electron chi connectivity index (χ3n) is 2.90. The van der Waals surface area contributed by atoms with E-state index in [1.807, 2.05) is 13.0 Å². The Morgan fingerprint density at radius 3 is 2.95 bits per heavy atom. The number of aromatic nitrogens is 1. The van der Waals surface area contributed by atoms with Crippen molar-refractivity contribution in [2.24, 2.45) is 0 Å². The van der Waals surface area contributed by atoms with E-state index in [2.05, 4.69) is 10.3 Å². The first-order valence-electron chi connectivity index (χ1n) is 6.06. The minimum absolute atomic E-state index is 0.00761. The van der Waals surface area contributed by atoms with Gasteiger partial charge in [0.1, 0.15) is 5.69 Å². The van der Waals surface area contributed by atoms with Gasteiger partial charge in [0, 0.05) is 28.9 Å². The third kappa shape index (κ3) is 3.31. The Morgan fingerprint density at radius 1 is 1.55 bits per heavy atom. The van der Waals surface area contributed by atoms with Crippen LogP contribution in [0.2, 0.25) is 0 Å². The topological polar surface area (TPSA) is 85.1 Å². The summed E-state index contributed by atoms with van der Waals surface area (Å²) in [5.74, 6) is 0.570. The molecule has 2 atom stereocenters. The fourth-order valence-corrected chi connectivity index (χ4v) is 3.26. The van der Waals surface area contributed by atoms with Gasteiger partial charge in [0.15, 0.2) is 5.52 Å². The average Bonchev–Trinajstić information content (AvgIpc) is 2.83. The lowest BCUT2D eigenvalue weighted by atomic mass is 10.2. The lowest BCUT2D eigenvalue weighted by Gasteiger charge is -2.14. The molecule has 2 unspecified atom stereocenters. The van der Waals surface area contributed by atoms with Crippen LogP contribution in [0.15, 0.2) is 17.6 Å². The molecule has 0 saturated heterocycles. The van der Waals surface area contributed by atoms with E-state index in [-0.39, 0.29) is 11.7 Å². The number of nitro groups is 1. The van der Waals surface area contributed by atoms with Crippen LogP contribution in [0.1, 0.15) is 13.3 Å². The largest absolute Gasteiger partial charge is 0.377 e.